The summed E-state index contributed by atoms with van der Waals surface area (Å²) in [5.41, 5.74) is 1.10. The number of carbonyl (C=O) groups excluding carboxylic acids is 1. The first-order chi connectivity index (χ1) is 8.52. The van der Waals surface area contributed by atoms with E-state index in [2.05, 4.69) is 15.9 Å². The molecule has 0 spiro atoms. The average Bonchev–Trinajstić information content (AvgIpc) is 2.67. The minimum Gasteiger partial charge on any atom is -0.496 e. The van der Waals surface area contributed by atoms with Crippen LogP contribution in [-0.2, 0) is 0 Å². The van der Waals surface area contributed by atoms with Crippen LogP contribution in [0.4, 0.5) is 0 Å². The van der Waals surface area contributed by atoms with Gasteiger partial charge >= 0.3 is 0 Å². The molecule has 0 aliphatic carbocycles. The van der Waals surface area contributed by atoms with Crippen LogP contribution < -0.4 is 4.74 Å². The Morgan fingerprint density at radius 2 is 1.94 bits per heavy atom. The fourth-order valence-electron chi connectivity index (χ4n) is 1.86. The van der Waals surface area contributed by atoms with E-state index in [0.29, 0.717) is 22.6 Å². The Bertz CT molecular complexity index is 599. The van der Waals surface area contributed by atoms with Gasteiger partial charge in [0, 0.05) is 4.47 Å². The van der Waals surface area contributed by atoms with Gasteiger partial charge in [0.1, 0.15) is 17.3 Å². The van der Waals surface area contributed by atoms with Crippen LogP contribution in [-0.4, -0.2) is 12.9 Å². The Labute approximate surface area is 114 Å². The number of carbonyl (C=O) groups is 1. The first-order valence-electron chi connectivity index (χ1n) is 5.48. The topological polar surface area (TPSA) is 39.4 Å². The molecule has 18 heavy (non-hydrogen) atoms. The Kier molecular flexibility index (Phi) is 3.57. The van der Waals surface area contributed by atoms with Crippen LogP contribution in [0, 0.1) is 13.8 Å². The SMILES string of the molecule is COc1ccc(Br)cc1C(=O)c1cc(C)oc1C. The van der Waals surface area contributed by atoms with Crippen molar-refractivity contribution < 1.29 is 13.9 Å². The number of ether oxygens (including phenoxy) is 1. The second-order valence-corrected chi connectivity index (χ2v) is 4.92. The third-order valence-corrected chi connectivity index (χ3v) is 3.19. The summed E-state index contributed by atoms with van der Waals surface area (Å²) in [6, 6.07) is 7.10. The molecular weight excluding hydrogens is 296 g/mol. The normalized spacial score (nSPS) is 10.4. The van der Waals surface area contributed by atoms with E-state index in [-0.39, 0.29) is 5.78 Å². The Balaban J connectivity index is 2.51. The quantitative estimate of drug-likeness (QED) is 0.807. The van der Waals surface area contributed by atoms with Gasteiger partial charge in [-0.15, -0.1) is 0 Å². The Hall–Kier alpha value is -1.55. The highest BCUT2D eigenvalue weighted by Crippen LogP contribution is 2.27. The lowest BCUT2D eigenvalue weighted by molar-refractivity contribution is 0.103. The van der Waals surface area contributed by atoms with Crippen molar-refractivity contribution in [1.82, 2.24) is 0 Å². The van der Waals surface area contributed by atoms with E-state index in [1.165, 1.54) is 0 Å². The number of benzene rings is 1. The summed E-state index contributed by atoms with van der Waals surface area (Å²) in [4.78, 5) is 12.5. The molecule has 0 atom stereocenters. The second-order valence-electron chi connectivity index (χ2n) is 4.00. The zero-order valence-electron chi connectivity index (χ0n) is 10.4. The van der Waals surface area contributed by atoms with Gasteiger partial charge in [-0.25, -0.2) is 0 Å². The molecule has 0 fully saturated rings. The van der Waals surface area contributed by atoms with E-state index in [9.17, 15) is 4.79 Å². The molecule has 0 N–H and O–H groups in total. The third kappa shape index (κ3) is 2.34. The van der Waals surface area contributed by atoms with Gasteiger partial charge in [-0.1, -0.05) is 15.9 Å². The second kappa shape index (κ2) is 4.98. The van der Waals surface area contributed by atoms with E-state index in [1.54, 1.807) is 32.2 Å². The molecule has 2 rings (SSSR count). The highest BCUT2D eigenvalue weighted by atomic mass is 79.9. The van der Waals surface area contributed by atoms with Gasteiger partial charge < -0.3 is 9.15 Å². The maximum absolute atomic E-state index is 12.5. The molecule has 0 aliphatic rings. The lowest BCUT2D eigenvalue weighted by Crippen LogP contribution is -2.04. The van der Waals surface area contributed by atoms with Crippen molar-refractivity contribution in [2.24, 2.45) is 0 Å². The van der Waals surface area contributed by atoms with Crippen molar-refractivity contribution in [3.8, 4) is 5.75 Å². The number of hydrogen-bond acceptors (Lipinski definition) is 3. The first-order valence-corrected chi connectivity index (χ1v) is 6.27. The summed E-state index contributed by atoms with van der Waals surface area (Å²) in [6.07, 6.45) is 0. The number of methoxy groups -OCH3 is 1. The molecule has 1 aromatic carbocycles. The Morgan fingerprint density at radius 3 is 2.50 bits per heavy atom. The van der Waals surface area contributed by atoms with Crippen molar-refractivity contribution in [3.05, 3.63) is 51.4 Å². The molecule has 2 aromatic rings. The van der Waals surface area contributed by atoms with Crippen LogP contribution in [0.25, 0.3) is 0 Å². The van der Waals surface area contributed by atoms with Crippen molar-refractivity contribution in [2.75, 3.05) is 7.11 Å². The lowest BCUT2D eigenvalue weighted by Gasteiger charge is -2.07. The highest BCUT2D eigenvalue weighted by Gasteiger charge is 2.19. The maximum Gasteiger partial charge on any atom is 0.200 e. The maximum atomic E-state index is 12.5. The Morgan fingerprint density at radius 1 is 1.22 bits per heavy atom. The van der Waals surface area contributed by atoms with Gasteiger partial charge in [0.2, 0.25) is 0 Å². The number of aryl methyl sites for hydroxylation is 2. The number of furan rings is 1. The summed E-state index contributed by atoms with van der Waals surface area (Å²) >= 11 is 3.36. The highest BCUT2D eigenvalue weighted by molar-refractivity contribution is 9.10. The van der Waals surface area contributed by atoms with Crippen molar-refractivity contribution in [2.45, 2.75) is 13.8 Å². The third-order valence-electron chi connectivity index (χ3n) is 2.69. The van der Waals surface area contributed by atoms with Crippen molar-refractivity contribution in [3.63, 3.8) is 0 Å². The molecule has 0 radical (unpaired) electrons. The standard InChI is InChI=1S/C14H13BrO3/c1-8-6-11(9(2)18-8)14(16)12-7-10(15)4-5-13(12)17-3/h4-7H,1-3H3. The predicted molar refractivity (Wildman–Crippen MR) is 72.3 cm³/mol. The summed E-state index contributed by atoms with van der Waals surface area (Å²) < 4.78 is 11.4. The summed E-state index contributed by atoms with van der Waals surface area (Å²) in [5.74, 6) is 1.81. The molecule has 4 heteroatoms. The van der Waals surface area contributed by atoms with Crippen LogP contribution in [0.15, 0.2) is 33.2 Å². The number of ketones is 1. The van der Waals surface area contributed by atoms with Gasteiger partial charge in [-0.05, 0) is 38.1 Å². The van der Waals surface area contributed by atoms with Crippen LogP contribution in [0.5, 0.6) is 5.75 Å². The summed E-state index contributed by atoms with van der Waals surface area (Å²) in [5, 5.41) is 0. The van der Waals surface area contributed by atoms with E-state index < -0.39 is 0 Å². The van der Waals surface area contributed by atoms with Gasteiger partial charge in [-0.2, -0.15) is 0 Å². The fourth-order valence-corrected chi connectivity index (χ4v) is 2.22. The van der Waals surface area contributed by atoms with Gasteiger partial charge in [-0.3, -0.25) is 4.79 Å². The lowest BCUT2D eigenvalue weighted by atomic mass is 10.0. The van der Waals surface area contributed by atoms with Gasteiger partial charge in [0.05, 0.1) is 18.2 Å². The molecule has 0 unspecified atom stereocenters. The van der Waals surface area contributed by atoms with E-state index in [0.717, 1.165) is 10.2 Å². The van der Waals surface area contributed by atoms with Crippen LogP contribution >= 0.6 is 15.9 Å². The van der Waals surface area contributed by atoms with Crippen LogP contribution in [0.2, 0.25) is 0 Å². The number of halogens is 1. The summed E-state index contributed by atoms with van der Waals surface area (Å²) in [7, 11) is 1.55. The molecule has 3 nitrogen and oxygen atoms in total. The van der Waals surface area contributed by atoms with E-state index in [4.69, 9.17) is 9.15 Å². The molecule has 1 aromatic heterocycles. The molecule has 94 valence electrons. The largest absolute Gasteiger partial charge is 0.496 e. The fraction of sp³-hybridized carbons (Fsp3) is 0.214. The number of rotatable bonds is 3. The zero-order chi connectivity index (χ0) is 13.3. The minimum absolute atomic E-state index is 0.0949. The van der Waals surface area contributed by atoms with Crippen LogP contribution in [0.3, 0.4) is 0 Å². The minimum atomic E-state index is -0.0949. The molecule has 0 saturated carbocycles. The zero-order valence-corrected chi connectivity index (χ0v) is 12.0. The molecular formula is C14H13BrO3. The predicted octanol–water partition coefficient (Wildman–Crippen LogP) is 3.90. The number of hydrogen-bond donors (Lipinski definition) is 0. The van der Waals surface area contributed by atoms with Gasteiger partial charge in [0.15, 0.2) is 5.78 Å². The molecule has 0 bridgehead atoms. The smallest absolute Gasteiger partial charge is 0.200 e. The molecule has 1 heterocycles. The van der Waals surface area contributed by atoms with E-state index >= 15 is 0 Å². The van der Waals surface area contributed by atoms with Crippen LogP contribution in [0.1, 0.15) is 27.4 Å². The van der Waals surface area contributed by atoms with E-state index in [1.807, 2.05) is 13.0 Å². The molecule has 0 amide bonds. The summed E-state index contributed by atoms with van der Waals surface area (Å²) in [6.45, 7) is 3.60. The molecule has 0 aliphatic heterocycles. The van der Waals surface area contributed by atoms with Crippen molar-refractivity contribution >= 4 is 21.7 Å². The average molecular weight is 309 g/mol. The molecule has 0 saturated heterocycles. The van der Waals surface area contributed by atoms with Crippen molar-refractivity contribution in [1.29, 1.82) is 0 Å². The first kappa shape index (κ1) is 12.9. The monoisotopic (exact) mass is 308 g/mol. The van der Waals surface area contributed by atoms with Gasteiger partial charge in [0.25, 0.3) is 0 Å².